The van der Waals surface area contributed by atoms with Gasteiger partial charge in [-0.25, -0.2) is 4.39 Å². The minimum atomic E-state index is -0.356. The van der Waals surface area contributed by atoms with E-state index in [4.69, 9.17) is 4.52 Å². The Morgan fingerprint density at radius 2 is 2.15 bits per heavy atom. The van der Waals surface area contributed by atoms with E-state index in [1.54, 1.807) is 18.3 Å². The first-order chi connectivity index (χ1) is 9.63. The Morgan fingerprint density at radius 1 is 1.40 bits per heavy atom. The molecule has 2 heterocycles. The van der Waals surface area contributed by atoms with Crippen molar-refractivity contribution >= 4 is 0 Å². The summed E-state index contributed by atoms with van der Waals surface area (Å²) in [6, 6.07) is 6.59. The Kier molecular flexibility index (Phi) is 3.54. The van der Waals surface area contributed by atoms with Crippen LogP contribution in [0.4, 0.5) is 4.39 Å². The molecule has 106 valence electrons. The highest BCUT2D eigenvalue weighted by Crippen LogP contribution is 2.33. The highest BCUT2D eigenvalue weighted by molar-refractivity contribution is 5.22. The zero-order chi connectivity index (χ0) is 14.1. The molecule has 2 atom stereocenters. The van der Waals surface area contributed by atoms with E-state index in [0.717, 1.165) is 16.9 Å². The summed E-state index contributed by atoms with van der Waals surface area (Å²) in [6.07, 6.45) is 2.02. The predicted molar refractivity (Wildman–Crippen MR) is 71.4 cm³/mol. The number of aryl methyl sites for hydroxylation is 1. The van der Waals surface area contributed by atoms with Crippen LogP contribution in [0, 0.1) is 12.7 Å². The molecule has 0 spiro atoms. The Hall–Kier alpha value is -1.72. The van der Waals surface area contributed by atoms with Gasteiger partial charge in [-0.1, -0.05) is 17.3 Å². The van der Waals surface area contributed by atoms with Crippen LogP contribution in [-0.2, 0) is 6.54 Å². The first kappa shape index (κ1) is 13.3. The van der Waals surface area contributed by atoms with E-state index >= 15 is 0 Å². The fraction of sp³-hybridized carbons (Fsp3) is 0.400. The highest BCUT2D eigenvalue weighted by atomic mass is 19.1. The van der Waals surface area contributed by atoms with E-state index in [9.17, 15) is 9.50 Å². The Balaban J connectivity index is 1.81. The van der Waals surface area contributed by atoms with Crippen molar-refractivity contribution in [1.29, 1.82) is 0 Å². The van der Waals surface area contributed by atoms with Gasteiger partial charge in [0.2, 0.25) is 0 Å². The summed E-state index contributed by atoms with van der Waals surface area (Å²) in [7, 11) is 0. The van der Waals surface area contributed by atoms with Crippen molar-refractivity contribution in [2.24, 2.45) is 0 Å². The maximum absolute atomic E-state index is 13.0. The van der Waals surface area contributed by atoms with Crippen LogP contribution in [0.1, 0.15) is 29.3 Å². The number of halogens is 1. The van der Waals surface area contributed by atoms with Crippen molar-refractivity contribution in [2.75, 3.05) is 6.54 Å². The third-order valence-corrected chi connectivity index (χ3v) is 3.86. The van der Waals surface area contributed by atoms with Crippen LogP contribution in [0.25, 0.3) is 0 Å². The van der Waals surface area contributed by atoms with Crippen LogP contribution in [0.15, 0.2) is 35.0 Å². The molecule has 4 nitrogen and oxygen atoms in total. The molecular weight excluding hydrogens is 259 g/mol. The number of nitrogens with zero attached hydrogens (tertiary/aromatic N) is 2. The van der Waals surface area contributed by atoms with Crippen LogP contribution in [0.5, 0.6) is 0 Å². The minimum absolute atomic E-state index is 0.0971. The maximum atomic E-state index is 13.0. The third-order valence-electron chi connectivity index (χ3n) is 3.86. The Bertz CT molecular complexity index is 582. The SMILES string of the molecule is Cc1oncc1CN1C[C@H](O)C[C@@H]1c1ccc(F)cc1. The second-order valence-corrected chi connectivity index (χ2v) is 5.29. The molecule has 1 aliphatic heterocycles. The molecule has 0 amide bonds. The second-order valence-electron chi connectivity index (χ2n) is 5.29. The van der Waals surface area contributed by atoms with Gasteiger partial charge in [0.1, 0.15) is 11.6 Å². The zero-order valence-corrected chi connectivity index (χ0v) is 11.3. The van der Waals surface area contributed by atoms with Gasteiger partial charge in [0.15, 0.2) is 0 Å². The van der Waals surface area contributed by atoms with Gasteiger partial charge in [-0.2, -0.15) is 0 Å². The number of aliphatic hydroxyl groups excluding tert-OH is 1. The van der Waals surface area contributed by atoms with Crippen molar-refractivity contribution in [3.63, 3.8) is 0 Å². The van der Waals surface area contributed by atoms with Gasteiger partial charge in [0.05, 0.1) is 12.3 Å². The number of β-amino-alcohol motifs (C(OH)–C–C–N with tert-alkyl or cyclic N) is 1. The fourth-order valence-corrected chi connectivity index (χ4v) is 2.78. The van der Waals surface area contributed by atoms with Gasteiger partial charge < -0.3 is 9.63 Å². The lowest BCUT2D eigenvalue weighted by molar-refractivity contribution is 0.172. The number of hydrogen-bond donors (Lipinski definition) is 1. The molecule has 1 aromatic carbocycles. The fourth-order valence-electron chi connectivity index (χ4n) is 2.78. The van der Waals surface area contributed by atoms with Crippen molar-refractivity contribution in [3.05, 3.63) is 53.2 Å². The van der Waals surface area contributed by atoms with Crippen LogP contribution in [-0.4, -0.2) is 27.8 Å². The van der Waals surface area contributed by atoms with Gasteiger partial charge in [0, 0.05) is 24.7 Å². The lowest BCUT2D eigenvalue weighted by Gasteiger charge is -2.24. The summed E-state index contributed by atoms with van der Waals surface area (Å²) < 4.78 is 18.1. The normalized spacial score (nSPS) is 23.4. The van der Waals surface area contributed by atoms with Crippen LogP contribution < -0.4 is 0 Å². The largest absolute Gasteiger partial charge is 0.392 e. The smallest absolute Gasteiger partial charge is 0.138 e. The lowest BCUT2D eigenvalue weighted by Crippen LogP contribution is -2.24. The summed E-state index contributed by atoms with van der Waals surface area (Å²) in [5, 5.41) is 13.7. The molecule has 1 aromatic heterocycles. The zero-order valence-electron chi connectivity index (χ0n) is 11.3. The van der Waals surface area contributed by atoms with Crippen LogP contribution in [0.3, 0.4) is 0 Å². The van der Waals surface area contributed by atoms with Crippen LogP contribution in [0.2, 0.25) is 0 Å². The number of likely N-dealkylation sites (tertiary alicyclic amines) is 1. The number of aliphatic hydroxyl groups is 1. The Labute approximate surface area is 116 Å². The van der Waals surface area contributed by atoms with E-state index < -0.39 is 0 Å². The van der Waals surface area contributed by atoms with E-state index in [-0.39, 0.29) is 18.0 Å². The molecule has 3 rings (SSSR count). The molecule has 20 heavy (non-hydrogen) atoms. The topological polar surface area (TPSA) is 49.5 Å². The maximum Gasteiger partial charge on any atom is 0.138 e. The number of aromatic nitrogens is 1. The van der Waals surface area contributed by atoms with Crippen LogP contribution >= 0.6 is 0 Å². The summed E-state index contributed by atoms with van der Waals surface area (Å²) in [6.45, 7) is 3.16. The summed E-state index contributed by atoms with van der Waals surface area (Å²) >= 11 is 0. The molecule has 1 aliphatic rings. The van der Waals surface area contributed by atoms with Gasteiger partial charge >= 0.3 is 0 Å². The van der Waals surface area contributed by atoms with Gasteiger partial charge in [0.25, 0.3) is 0 Å². The first-order valence-corrected chi connectivity index (χ1v) is 6.71. The third kappa shape index (κ3) is 2.59. The van der Waals surface area contributed by atoms with Crippen molar-refractivity contribution in [3.8, 4) is 0 Å². The molecule has 0 bridgehead atoms. The summed E-state index contributed by atoms with van der Waals surface area (Å²) in [4.78, 5) is 2.18. The summed E-state index contributed by atoms with van der Waals surface area (Å²) in [5.74, 6) is 0.554. The molecule has 1 fully saturated rings. The standard InChI is InChI=1S/C15H17FN2O2/c1-10-12(7-17-20-10)8-18-9-14(19)6-15(18)11-2-4-13(16)5-3-11/h2-5,7,14-15,19H,6,8-9H2,1H3/t14-,15-/m1/s1. The minimum Gasteiger partial charge on any atom is -0.392 e. The molecular formula is C15H17FN2O2. The van der Waals surface area contributed by atoms with Crippen molar-refractivity contribution < 1.29 is 14.0 Å². The molecule has 0 unspecified atom stereocenters. The summed E-state index contributed by atoms with van der Waals surface area (Å²) in [5.41, 5.74) is 2.04. The number of benzene rings is 1. The number of hydrogen-bond acceptors (Lipinski definition) is 4. The monoisotopic (exact) mass is 276 g/mol. The molecule has 1 saturated heterocycles. The first-order valence-electron chi connectivity index (χ1n) is 6.71. The average Bonchev–Trinajstić information content (AvgIpc) is 2.98. The molecule has 0 radical (unpaired) electrons. The average molecular weight is 276 g/mol. The van der Waals surface area contributed by atoms with E-state index in [1.165, 1.54) is 12.1 Å². The highest BCUT2D eigenvalue weighted by Gasteiger charge is 2.32. The number of rotatable bonds is 3. The molecule has 0 aliphatic carbocycles. The molecule has 0 saturated carbocycles. The van der Waals surface area contributed by atoms with Gasteiger partial charge in [-0.05, 0) is 31.0 Å². The van der Waals surface area contributed by atoms with Crippen molar-refractivity contribution in [2.45, 2.75) is 32.0 Å². The van der Waals surface area contributed by atoms with E-state index in [2.05, 4.69) is 10.1 Å². The molecule has 5 heteroatoms. The van der Waals surface area contributed by atoms with Crippen molar-refractivity contribution in [1.82, 2.24) is 10.1 Å². The quantitative estimate of drug-likeness (QED) is 0.935. The second kappa shape index (κ2) is 5.34. The predicted octanol–water partition coefficient (Wildman–Crippen LogP) is 2.43. The van der Waals surface area contributed by atoms with Gasteiger partial charge in [-0.15, -0.1) is 0 Å². The Morgan fingerprint density at radius 3 is 2.80 bits per heavy atom. The van der Waals surface area contributed by atoms with E-state index in [1.807, 2.05) is 6.92 Å². The van der Waals surface area contributed by atoms with Gasteiger partial charge in [-0.3, -0.25) is 4.90 Å². The molecule has 1 N–H and O–H groups in total. The van der Waals surface area contributed by atoms with E-state index in [0.29, 0.717) is 19.5 Å². The lowest BCUT2D eigenvalue weighted by atomic mass is 10.0. The molecule has 2 aromatic rings.